The van der Waals surface area contributed by atoms with Crippen molar-refractivity contribution in [1.29, 1.82) is 0 Å². The number of carbonyl (C=O) groups is 3. The zero-order chi connectivity index (χ0) is 16.6. The normalized spacial score (nSPS) is 18.3. The fourth-order valence-electron chi connectivity index (χ4n) is 2.77. The van der Waals surface area contributed by atoms with Crippen LogP contribution in [0.25, 0.3) is 0 Å². The third-order valence-electron chi connectivity index (χ3n) is 4.51. The van der Waals surface area contributed by atoms with Crippen LogP contribution in [0.4, 0.5) is 0 Å². The molecule has 23 heavy (non-hydrogen) atoms. The van der Waals surface area contributed by atoms with Gasteiger partial charge >= 0.3 is 0 Å². The van der Waals surface area contributed by atoms with Crippen LogP contribution in [-0.2, 0) is 9.59 Å². The Kier molecular flexibility index (Phi) is 3.96. The molecule has 3 rings (SSSR count). The lowest BCUT2D eigenvalue weighted by atomic mass is 9.90. The van der Waals surface area contributed by atoms with Crippen molar-refractivity contribution >= 4 is 17.3 Å². The molecule has 1 unspecified atom stereocenters. The minimum atomic E-state index is -0.851. The molecule has 122 valence electrons. The highest BCUT2D eigenvalue weighted by molar-refractivity contribution is 6.07. The molecule has 1 aliphatic carbocycles. The summed E-state index contributed by atoms with van der Waals surface area (Å²) in [7, 11) is 0. The molecule has 0 bridgehead atoms. The Morgan fingerprint density at radius 3 is 2.57 bits per heavy atom. The summed E-state index contributed by atoms with van der Waals surface area (Å²) in [6.07, 6.45) is 2.08. The Morgan fingerprint density at radius 1 is 1.22 bits per heavy atom. The van der Waals surface area contributed by atoms with Crippen molar-refractivity contribution in [2.45, 2.75) is 45.1 Å². The zero-order valence-corrected chi connectivity index (χ0v) is 13.4. The molecule has 1 fully saturated rings. The maximum absolute atomic E-state index is 12.4. The lowest BCUT2D eigenvalue weighted by Gasteiger charge is -2.26. The second kappa shape index (κ2) is 5.80. The van der Waals surface area contributed by atoms with Crippen LogP contribution in [0.15, 0.2) is 18.2 Å². The highest BCUT2D eigenvalue weighted by Gasteiger charge is 2.49. The number of benzene rings is 1. The summed E-state index contributed by atoms with van der Waals surface area (Å²) < 4.78 is 11.6. The van der Waals surface area contributed by atoms with Gasteiger partial charge in [0.15, 0.2) is 17.3 Å². The molecule has 1 heterocycles. The van der Waals surface area contributed by atoms with Crippen molar-refractivity contribution in [2.75, 3.05) is 6.61 Å². The number of ketones is 3. The van der Waals surface area contributed by atoms with Gasteiger partial charge in [0.25, 0.3) is 0 Å². The molecule has 0 N–H and O–H groups in total. The van der Waals surface area contributed by atoms with E-state index in [0.29, 0.717) is 23.7 Å². The first-order chi connectivity index (χ1) is 10.9. The quantitative estimate of drug-likeness (QED) is 0.596. The van der Waals surface area contributed by atoms with Crippen LogP contribution in [0, 0.1) is 5.92 Å². The molecule has 0 aromatic heterocycles. The molecule has 5 nitrogen and oxygen atoms in total. The van der Waals surface area contributed by atoms with Crippen LogP contribution in [0.3, 0.4) is 0 Å². The third-order valence-corrected chi connectivity index (χ3v) is 4.51. The fraction of sp³-hybridized carbons (Fsp3) is 0.500. The van der Waals surface area contributed by atoms with Crippen molar-refractivity contribution in [2.24, 2.45) is 5.92 Å². The first-order valence-electron chi connectivity index (χ1n) is 7.96. The minimum Gasteiger partial charge on any atom is -0.486 e. The summed E-state index contributed by atoms with van der Waals surface area (Å²) in [5, 5.41) is 0. The molecule has 1 aliphatic heterocycles. The largest absolute Gasteiger partial charge is 0.486 e. The number of ether oxygens (including phenoxy) is 2. The van der Waals surface area contributed by atoms with Gasteiger partial charge in [0.1, 0.15) is 23.8 Å². The van der Waals surface area contributed by atoms with E-state index >= 15 is 0 Å². The van der Waals surface area contributed by atoms with Crippen LogP contribution in [0.2, 0.25) is 0 Å². The van der Waals surface area contributed by atoms with E-state index in [0.717, 1.165) is 12.8 Å². The Labute approximate surface area is 135 Å². The molecule has 0 radical (unpaired) electrons. The van der Waals surface area contributed by atoms with Gasteiger partial charge in [-0.05, 0) is 38.0 Å². The summed E-state index contributed by atoms with van der Waals surface area (Å²) in [5.41, 5.74) is 0.231. The Balaban J connectivity index is 1.77. The van der Waals surface area contributed by atoms with Gasteiger partial charge in [0.05, 0.1) is 5.92 Å². The van der Waals surface area contributed by atoms with Gasteiger partial charge in [-0.1, -0.05) is 6.92 Å². The van der Waals surface area contributed by atoms with Crippen molar-refractivity contribution in [1.82, 2.24) is 0 Å². The molecule has 5 heteroatoms. The van der Waals surface area contributed by atoms with Crippen LogP contribution in [-0.4, -0.2) is 29.6 Å². The average Bonchev–Trinajstić information content (AvgIpc) is 3.29. The molecule has 1 atom stereocenters. The standard InChI is InChI=1S/C18H20O5/c1-3-14(20)13(11(2)19)9-15(21)12-4-5-16-17(8-12)23-18(6-7-18)10-22-16/h4-5,8,13H,3,6-7,9-10H2,1-2H3. The predicted octanol–water partition coefficient (Wildman–Crippen LogP) is 2.75. The summed E-state index contributed by atoms with van der Waals surface area (Å²) in [4.78, 5) is 35.9. The first kappa shape index (κ1) is 15.7. The SMILES string of the molecule is CCC(=O)C(CC(=O)c1ccc2c(c1)OC1(CC1)CO2)C(C)=O. The van der Waals surface area contributed by atoms with Crippen molar-refractivity contribution in [3.05, 3.63) is 23.8 Å². The molecule has 1 saturated carbocycles. The van der Waals surface area contributed by atoms with Crippen LogP contribution in [0.5, 0.6) is 11.5 Å². The summed E-state index contributed by atoms with van der Waals surface area (Å²) in [6.45, 7) is 3.60. The molecule has 1 aromatic carbocycles. The fourth-order valence-corrected chi connectivity index (χ4v) is 2.77. The first-order valence-corrected chi connectivity index (χ1v) is 7.96. The van der Waals surface area contributed by atoms with Crippen LogP contribution < -0.4 is 9.47 Å². The Bertz CT molecular complexity index is 672. The Hall–Kier alpha value is -2.17. The molecular formula is C18H20O5. The molecule has 2 aliphatic rings. The lowest BCUT2D eigenvalue weighted by molar-refractivity contribution is -0.131. The monoisotopic (exact) mass is 316 g/mol. The van der Waals surface area contributed by atoms with Gasteiger partial charge < -0.3 is 9.47 Å². The van der Waals surface area contributed by atoms with E-state index in [9.17, 15) is 14.4 Å². The minimum absolute atomic E-state index is 0.0905. The van der Waals surface area contributed by atoms with Crippen molar-refractivity contribution in [3.63, 3.8) is 0 Å². The maximum Gasteiger partial charge on any atom is 0.164 e. The van der Waals surface area contributed by atoms with E-state index in [-0.39, 0.29) is 35.8 Å². The van der Waals surface area contributed by atoms with Crippen LogP contribution in [0.1, 0.15) is 49.9 Å². The smallest absolute Gasteiger partial charge is 0.164 e. The Morgan fingerprint density at radius 2 is 1.96 bits per heavy atom. The van der Waals surface area contributed by atoms with Gasteiger partial charge in [0.2, 0.25) is 0 Å². The number of hydrogen-bond donors (Lipinski definition) is 0. The van der Waals surface area contributed by atoms with E-state index < -0.39 is 5.92 Å². The van der Waals surface area contributed by atoms with E-state index in [1.54, 1.807) is 25.1 Å². The maximum atomic E-state index is 12.4. The summed E-state index contributed by atoms with van der Waals surface area (Å²) >= 11 is 0. The zero-order valence-electron chi connectivity index (χ0n) is 13.4. The lowest BCUT2D eigenvalue weighted by Crippen LogP contribution is -2.31. The third kappa shape index (κ3) is 3.14. The molecule has 0 amide bonds. The van der Waals surface area contributed by atoms with Gasteiger partial charge in [-0.25, -0.2) is 0 Å². The number of Topliss-reactive ketones (excluding diaryl/α,β-unsaturated/α-hetero) is 3. The van der Waals surface area contributed by atoms with Crippen molar-refractivity contribution in [3.8, 4) is 11.5 Å². The highest BCUT2D eigenvalue weighted by Crippen LogP contribution is 2.47. The van der Waals surface area contributed by atoms with Crippen molar-refractivity contribution < 1.29 is 23.9 Å². The molecule has 1 spiro atoms. The van der Waals surface area contributed by atoms with E-state index in [1.807, 2.05) is 0 Å². The second-order valence-electron chi connectivity index (χ2n) is 6.35. The topological polar surface area (TPSA) is 69.7 Å². The van der Waals surface area contributed by atoms with Gasteiger partial charge in [-0.2, -0.15) is 0 Å². The second-order valence-corrected chi connectivity index (χ2v) is 6.35. The molecule has 0 saturated heterocycles. The number of fused-ring (bicyclic) bond motifs is 1. The number of rotatable bonds is 6. The van der Waals surface area contributed by atoms with Crippen LogP contribution >= 0.6 is 0 Å². The predicted molar refractivity (Wildman–Crippen MR) is 82.9 cm³/mol. The van der Waals surface area contributed by atoms with Gasteiger partial charge in [-0.15, -0.1) is 0 Å². The molecule has 1 aromatic rings. The van der Waals surface area contributed by atoms with Gasteiger partial charge in [-0.3, -0.25) is 14.4 Å². The number of carbonyl (C=O) groups excluding carboxylic acids is 3. The molecular weight excluding hydrogens is 296 g/mol. The van der Waals surface area contributed by atoms with E-state index in [1.165, 1.54) is 6.92 Å². The average molecular weight is 316 g/mol. The summed E-state index contributed by atoms with van der Waals surface area (Å²) in [6, 6.07) is 5.02. The highest BCUT2D eigenvalue weighted by atomic mass is 16.6. The van der Waals surface area contributed by atoms with E-state index in [2.05, 4.69) is 0 Å². The van der Waals surface area contributed by atoms with Gasteiger partial charge in [0, 0.05) is 18.4 Å². The summed E-state index contributed by atoms with van der Waals surface area (Å²) in [5.74, 6) is -0.336. The van der Waals surface area contributed by atoms with E-state index in [4.69, 9.17) is 9.47 Å². The number of hydrogen-bond acceptors (Lipinski definition) is 5.